The van der Waals surface area contributed by atoms with Crippen molar-refractivity contribution in [3.63, 3.8) is 0 Å². The molecule has 112 valence electrons. The van der Waals surface area contributed by atoms with Crippen molar-refractivity contribution in [2.75, 3.05) is 0 Å². The fraction of sp³-hybridized carbons (Fsp3) is 0. The van der Waals surface area contributed by atoms with Crippen LogP contribution in [0.4, 0.5) is 0 Å². The Hall–Kier alpha value is 0.290. The van der Waals surface area contributed by atoms with Crippen LogP contribution < -0.4 is 0 Å². The molecule has 0 spiro atoms. The van der Waals surface area contributed by atoms with E-state index >= 15 is 0 Å². The van der Waals surface area contributed by atoms with E-state index in [1.54, 1.807) is 0 Å². The third kappa shape index (κ3) is 25.2. The molecule has 0 bridgehead atoms. The molecule has 0 saturated heterocycles. The van der Waals surface area contributed by atoms with Gasteiger partial charge in [0, 0.05) is 0 Å². The SMILES string of the molecule is [O]=[Cr](=[O])([OH])[O][Cr](=[O])(=[O])[OH].[O]=[Cr](=[O])([OH])[O][Cr](=[O])(=[O])[OH]. The predicted molar refractivity (Wildman–Crippen MR) is 16.5 cm³/mol. The number of hydrogen-bond donors (Lipinski definition) is 4. The molecular weight excluding hydrogens is 432 g/mol. The molecule has 18 heavy (non-hydrogen) atoms. The molecule has 0 amide bonds. The number of rotatable bonds is 4. The molecule has 0 atom stereocenters. The van der Waals surface area contributed by atoms with Crippen LogP contribution in [0, 0.1) is 0 Å². The first-order chi connectivity index (χ1) is 7.41. The molecule has 0 saturated carbocycles. The van der Waals surface area contributed by atoms with Gasteiger partial charge in [-0.15, -0.1) is 0 Å². The van der Waals surface area contributed by atoms with Crippen molar-refractivity contribution in [3.8, 4) is 0 Å². The quantitative estimate of drug-likeness (QED) is 0.337. The first-order valence-electron chi connectivity index (χ1n) is 2.73. The standard InChI is InChI=1S/4Cr.4H2O.10O/h;;;;4*1H2;;;;;;;;;;/q4*+1;;;;;;;;;;;;;;/p-4. The summed E-state index contributed by atoms with van der Waals surface area (Å²) in [7, 11) is 0. The van der Waals surface area contributed by atoms with Gasteiger partial charge in [0.25, 0.3) is 0 Å². The van der Waals surface area contributed by atoms with Crippen molar-refractivity contribution in [1.82, 2.24) is 0 Å². The minimum absolute atomic E-state index is 2.83. The molecule has 0 heterocycles. The van der Waals surface area contributed by atoms with E-state index in [9.17, 15) is 30.4 Å². The van der Waals surface area contributed by atoms with E-state index in [0.29, 0.717) is 0 Å². The first kappa shape index (κ1) is 20.6. The van der Waals surface area contributed by atoms with Gasteiger partial charge in [-0.1, -0.05) is 0 Å². The average Bonchev–Trinajstić information content (AvgIpc) is 1.64. The van der Waals surface area contributed by atoms with Gasteiger partial charge in [0.05, 0.1) is 0 Å². The van der Waals surface area contributed by atoms with Crippen LogP contribution in [-0.2, 0) is 90.6 Å². The monoisotopic (exact) mass is 436 g/mol. The summed E-state index contributed by atoms with van der Waals surface area (Å²) in [5.41, 5.74) is 0. The van der Waals surface area contributed by atoms with Crippen LogP contribution in [0.3, 0.4) is 0 Å². The van der Waals surface area contributed by atoms with Crippen LogP contribution in [-0.4, -0.2) is 16.6 Å². The van der Waals surface area contributed by atoms with Gasteiger partial charge in [-0.05, 0) is 0 Å². The van der Waals surface area contributed by atoms with Crippen molar-refractivity contribution in [3.05, 3.63) is 0 Å². The molecule has 0 aromatic heterocycles. The Kier molecular flexibility index (Phi) is 7.60. The van der Waals surface area contributed by atoms with Gasteiger partial charge in [0.1, 0.15) is 0 Å². The summed E-state index contributed by atoms with van der Waals surface area (Å²) in [6.07, 6.45) is 0. The molecule has 0 unspecified atom stereocenters. The van der Waals surface area contributed by atoms with Crippen molar-refractivity contribution in [2.45, 2.75) is 0 Å². The third-order valence-corrected chi connectivity index (χ3v) is 5.85. The van der Waals surface area contributed by atoms with E-state index < -0.39 is 54.5 Å². The van der Waals surface area contributed by atoms with E-state index in [1.165, 1.54) is 0 Å². The topological polar surface area (TPSA) is 236 Å². The molecule has 0 aromatic carbocycles. The number of hydrogen-bond acceptors (Lipinski definition) is 10. The van der Waals surface area contributed by atoms with E-state index in [2.05, 4.69) is 5.68 Å². The van der Waals surface area contributed by atoms with Crippen LogP contribution in [0.25, 0.3) is 0 Å². The van der Waals surface area contributed by atoms with Crippen LogP contribution in [0.2, 0.25) is 0 Å². The molecule has 0 radical (unpaired) electrons. The van der Waals surface area contributed by atoms with E-state index in [-0.39, 0.29) is 0 Å². The molecule has 0 fully saturated rings. The molecule has 0 aromatic rings. The van der Waals surface area contributed by atoms with Crippen LogP contribution >= 0.6 is 0 Å². The van der Waals surface area contributed by atoms with Gasteiger partial charge < -0.3 is 0 Å². The normalized spacial score (nSPS) is 13.6. The summed E-state index contributed by atoms with van der Waals surface area (Å²) in [5.74, 6) is 0. The van der Waals surface area contributed by atoms with Crippen molar-refractivity contribution in [2.24, 2.45) is 0 Å². The zero-order chi connectivity index (χ0) is 15.4. The zero-order valence-electron chi connectivity index (χ0n) is 7.50. The Balaban J connectivity index is 0. The van der Waals surface area contributed by atoms with Gasteiger partial charge in [-0.3, -0.25) is 0 Å². The van der Waals surface area contributed by atoms with Gasteiger partial charge in [-0.25, -0.2) is 0 Å². The Morgan fingerprint density at radius 3 is 0.556 bits per heavy atom. The van der Waals surface area contributed by atoms with Crippen molar-refractivity contribution in [1.29, 1.82) is 0 Å². The maximum absolute atomic E-state index is 9.53. The molecule has 0 aliphatic heterocycles. The van der Waals surface area contributed by atoms with Crippen LogP contribution in [0.1, 0.15) is 0 Å². The van der Waals surface area contributed by atoms with Crippen LogP contribution in [0.15, 0.2) is 0 Å². The van der Waals surface area contributed by atoms with E-state index in [4.69, 9.17) is 16.6 Å². The first-order valence-corrected chi connectivity index (χ1v) is 11.3. The molecule has 18 heteroatoms. The summed E-state index contributed by atoms with van der Waals surface area (Å²) < 4.78 is 113. The summed E-state index contributed by atoms with van der Waals surface area (Å²) in [4.78, 5) is 0. The van der Waals surface area contributed by atoms with E-state index in [1.807, 2.05) is 0 Å². The maximum atomic E-state index is 9.53. The van der Waals surface area contributed by atoms with Gasteiger partial charge >= 0.3 is 107 Å². The average molecular weight is 436 g/mol. The molecule has 14 nitrogen and oxygen atoms in total. The van der Waals surface area contributed by atoms with Crippen molar-refractivity contribution >= 4 is 0 Å². The molecule has 4 N–H and O–H groups in total. The Labute approximate surface area is 107 Å². The fourth-order valence-corrected chi connectivity index (χ4v) is 3.69. The predicted octanol–water partition coefficient (Wildman–Crippen LogP) is -3.33. The second kappa shape index (κ2) is 6.64. The summed E-state index contributed by atoms with van der Waals surface area (Å²) in [6.45, 7) is 0. The van der Waals surface area contributed by atoms with Crippen molar-refractivity contribution < 1.29 is 107 Å². The molecule has 0 rings (SSSR count). The second-order valence-corrected chi connectivity index (χ2v) is 9.37. The Morgan fingerprint density at radius 1 is 0.444 bits per heavy atom. The van der Waals surface area contributed by atoms with Gasteiger partial charge in [-0.2, -0.15) is 0 Å². The summed E-state index contributed by atoms with van der Waals surface area (Å²) in [6, 6.07) is 0. The Bertz CT molecular complexity index is 526. The van der Waals surface area contributed by atoms with Gasteiger partial charge in [0.2, 0.25) is 0 Å². The third-order valence-electron chi connectivity index (χ3n) is 0.344. The molecular formula is H4Cr4O14. The molecule has 0 aliphatic carbocycles. The summed E-state index contributed by atoms with van der Waals surface area (Å²) >= 11 is -23.0. The summed E-state index contributed by atoms with van der Waals surface area (Å²) in [5, 5.41) is 0. The second-order valence-electron chi connectivity index (χ2n) is 1.85. The van der Waals surface area contributed by atoms with Crippen LogP contribution in [0.5, 0.6) is 0 Å². The minimum atomic E-state index is -5.76. The van der Waals surface area contributed by atoms with Gasteiger partial charge in [0.15, 0.2) is 0 Å². The zero-order valence-corrected chi connectivity index (χ0v) is 12.6. The van der Waals surface area contributed by atoms with E-state index in [0.717, 1.165) is 0 Å². The molecule has 0 aliphatic rings. The fourth-order valence-electron chi connectivity index (χ4n) is 0.217. The Morgan fingerprint density at radius 2 is 0.556 bits per heavy atom.